The summed E-state index contributed by atoms with van der Waals surface area (Å²) in [5.74, 6) is 0.497. The van der Waals surface area contributed by atoms with Crippen molar-refractivity contribution in [1.82, 2.24) is 9.88 Å². The van der Waals surface area contributed by atoms with Crippen molar-refractivity contribution in [2.45, 2.75) is 26.2 Å². The molecule has 0 aliphatic carbocycles. The molecule has 1 aromatic heterocycles. The summed E-state index contributed by atoms with van der Waals surface area (Å²) in [5.41, 5.74) is 1.66. The Morgan fingerprint density at radius 1 is 1.21 bits per heavy atom. The van der Waals surface area contributed by atoms with Crippen LogP contribution < -0.4 is 5.32 Å². The van der Waals surface area contributed by atoms with Crippen LogP contribution in [0.3, 0.4) is 0 Å². The molecule has 1 amide bonds. The van der Waals surface area contributed by atoms with E-state index < -0.39 is 0 Å². The zero-order valence-electron chi connectivity index (χ0n) is 14.3. The molecule has 1 N–H and O–H groups in total. The molecule has 0 fully saturated rings. The minimum Gasteiger partial charge on any atom is -0.370 e. The van der Waals surface area contributed by atoms with Crippen LogP contribution >= 0.6 is 0 Å². The van der Waals surface area contributed by atoms with Crippen LogP contribution in [0.5, 0.6) is 0 Å². The van der Waals surface area contributed by atoms with Gasteiger partial charge in [-0.1, -0.05) is 25.5 Å². The molecule has 1 aromatic carbocycles. The van der Waals surface area contributed by atoms with Crippen LogP contribution in [0.2, 0.25) is 0 Å². The number of hydrogen-bond acceptors (Lipinski definition) is 3. The van der Waals surface area contributed by atoms with Gasteiger partial charge in [0, 0.05) is 26.3 Å². The Morgan fingerprint density at radius 3 is 2.58 bits per heavy atom. The SMILES string of the molecule is CCCCN(C)C(=O)c1ccc(NCCc2ccc(F)cc2)nc1. The maximum Gasteiger partial charge on any atom is 0.255 e. The Hall–Kier alpha value is -2.43. The molecule has 0 bridgehead atoms. The third-order valence-corrected chi connectivity index (χ3v) is 3.84. The van der Waals surface area contributed by atoms with E-state index in [9.17, 15) is 9.18 Å². The fourth-order valence-electron chi connectivity index (χ4n) is 2.33. The molecule has 5 heteroatoms. The lowest BCUT2D eigenvalue weighted by Crippen LogP contribution is -2.27. The first-order valence-corrected chi connectivity index (χ1v) is 8.30. The van der Waals surface area contributed by atoms with Gasteiger partial charge in [0.05, 0.1) is 5.56 Å². The normalized spacial score (nSPS) is 10.5. The Balaban J connectivity index is 1.83. The quantitative estimate of drug-likeness (QED) is 0.802. The van der Waals surface area contributed by atoms with Crippen LogP contribution in [0.25, 0.3) is 0 Å². The lowest BCUT2D eigenvalue weighted by molar-refractivity contribution is 0.0793. The molecule has 0 saturated heterocycles. The molecular weight excluding hydrogens is 305 g/mol. The third-order valence-electron chi connectivity index (χ3n) is 3.84. The molecule has 128 valence electrons. The average molecular weight is 329 g/mol. The Bertz CT molecular complexity index is 641. The summed E-state index contributed by atoms with van der Waals surface area (Å²) in [6.45, 7) is 3.56. The second-order valence-corrected chi connectivity index (χ2v) is 5.82. The van der Waals surface area contributed by atoms with Gasteiger partial charge >= 0.3 is 0 Å². The number of hydrogen-bond donors (Lipinski definition) is 1. The second-order valence-electron chi connectivity index (χ2n) is 5.82. The maximum atomic E-state index is 12.8. The van der Waals surface area contributed by atoms with E-state index in [0.29, 0.717) is 12.1 Å². The minimum atomic E-state index is -0.225. The van der Waals surface area contributed by atoms with E-state index in [2.05, 4.69) is 17.2 Å². The molecule has 2 aromatic rings. The zero-order valence-corrected chi connectivity index (χ0v) is 14.3. The highest BCUT2D eigenvalue weighted by molar-refractivity contribution is 5.93. The highest BCUT2D eigenvalue weighted by Crippen LogP contribution is 2.09. The van der Waals surface area contributed by atoms with Gasteiger partial charge in [-0.05, 0) is 42.7 Å². The van der Waals surface area contributed by atoms with Gasteiger partial charge in [0.2, 0.25) is 0 Å². The van der Waals surface area contributed by atoms with Gasteiger partial charge in [-0.2, -0.15) is 0 Å². The summed E-state index contributed by atoms with van der Waals surface area (Å²) in [7, 11) is 1.81. The first kappa shape index (κ1) is 17.9. The van der Waals surface area contributed by atoms with Gasteiger partial charge in [-0.3, -0.25) is 4.79 Å². The number of halogens is 1. The van der Waals surface area contributed by atoms with E-state index >= 15 is 0 Å². The monoisotopic (exact) mass is 329 g/mol. The van der Waals surface area contributed by atoms with E-state index in [-0.39, 0.29) is 11.7 Å². The van der Waals surface area contributed by atoms with Crippen molar-refractivity contribution in [3.05, 3.63) is 59.5 Å². The van der Waals surface area contributed by atoms with Gasteiger partial charge in [-0.25, -0.2) is 9.37 Å². The lowest BCUT2D eigenvalue weighted by Gasteiger charge is -2.16. The van der Waals surface area contributed by atoms with Crippen LogP contribution in [0.4, 0.5) is 10.2 Å². The van der Waals surface area contributed by atoms with Crippen molar-refractivity contribution in [1.29, 1.82) is 0 Å². The van der Waals surface area contributed by atoms with Gasteiger partial charge in [0.15, 0.2) is 0 Å². The van der Waals surface area contributed by atoms with Crippen molar-refractivity contribution < 1.29 is 9.18 Å². The van der Waals surface area contributed by atoms with Crippen LogP contribution in [0.1, 0.15) is 35.7 Å². The molecule has 0 unspecified atom stereocenters. The number of carbonyl (C=O) groups excluding carboxylic acids is 1. The Labute approximate surface area is 142 Å². The molecule has 0 radical (unpaired) electrons. The highest BCUT2D eigenvalue weighted by Gasteiger charge is 2.11. The van der Waals surface area contributed by atoms with Gasteiger partial charge in [0.25, 0.3) is 5.91 Å². The third kappa shape index (κ3) is 5.33. The number of nitrogens with zero attached hydrogens (tertiary/aromatic N) is 2. The fraction of sp³-hybridized carbons (Fsp3) is 0.368. The number of carbonyl (C=O) groups is 1. The summed E-state index contributed by atoms with van der Waals surface area (Å²) in [5, 5.41) is 3.21. The van der Waals surface area contributed by atoms with Crippen molar-refractivity contribution in [2.75, 3.05) is 25.5 Å². The van der Waals surface area contributed by atoms with Crippen LogP contribution in [-0.2, 0) is 6.42 Å². The molecule has 0 atom stereocenters. The Kier molecular flexibility index (Phi) is 6.73. The highest BCUT2D eigenvalue weighted by atomic mass is 19.1. The van der Waals surface area contributed by atoms with Crippen molar-refractivity contribution in [2.24, 2.45) is 0 Å². The van der Waals surface area contributed by atoms with Crippen LogP contribution in [0.15, 0.2) is 42.6 Å². The second kappa shape index (κ2) is 9.01. The van der Waals surface area contributed by atoms with E-state index in [1.165, 1.54) is 12.1 Å². The van der Waals surface area contributed by atoms with Crippen molar-refractivity contribution in [3.8, 4) is 0 Å². The van der Waals surface area contributed by atoms with Crippen molar-refractivity contribution >= 4 is 11.7 Å². The van der Waals surface area contributed by atoms with Gasteiger partial charge in [0.1, 0.15) is 11.6 Å². The molecule has 2 rings (SSSR count). The predicted octanol–water partition coefficient (Wildman–Crippen LogP) is 3.75. The number of rotatable bonds is 8. The number of aromatic nitrogens is 1. The first-order valence-electron chi connectivity index (χ1n) is 8.30. The largest absolute Gasteiger partial charge is 0.370 e. The van der Waals surface area contributed by atoms with E-state index in [1.807, 2.05) is 13.1 Å². The summed E-state index contributed by atoms with van der Waals surface area (Å²) in [6, 6.07) is 10.1. The number of amides is 1. The molecule has 0 aliphatic heterocycles. The number of pyridine rings is 1. The van der Waals surface area contributed by atoms with E-state index in [4.69, 9.17) is 0 Å². The van der Waals surface area contributed by atoms with E-state index in [1.54, 1.807) is 29.3 Å². The van der Waals surface area contributed by atoms with E-state index in [0.717, 1.165) is 37.2 Å². The summed E-state index contributed by atoms with van der Waals surface area (Å²) in [4.78, 5) is 18.2. The predicted molar refractivity (Wildman–Crippen MR) is 94.7 cm³/mol. The molecule has 0 spiro atoms. The topological polar surface area (TPSA) is 45.2 Å². The summed E-state index contributed by atoms with van der Waals surface area (Å²) >= 11 is 0. The molecule has 1 heterocycles. The number of unbranched alkanes of at least 4 members (excludes halogenated alkanes) is 1. The number of benzene rings is 1. The molecule has 24 heavy (non-hydrogen) atoms. The zero-order chi connectivity index (χ0) is 17.4. The smallest absolute Gasteiger partial charge is 0.255 e. The molecule has 0 saturated carbocycles. The number of anilines is 1. The lowest BCUT2D eigenvalue weighted by atomic mass is 10.1. The van der Waals surface area contributed by atoms with Crippen LogP contribution in [0, 0.1) is 5.82 Å². The summed E-state index contributed by atoms with van der Waals surface area (Å²) < 4.78 is 12.8. The molecular formula is C19H24FN3O. The summed E-state index contributed by atoms with van der Waals surface area (Å²) in [6.07, 6.45) is 4.44. The maximum absolute atomic E-state index is 12.8. The number of nitrogens with one attached hydrogen (secondary N) is 1. The average Bonchev–Trinajstić information content (AvgIpc) is 2.61. The van der Waals surface area contributed by atoms with Gasteiger partial charge < -0.3 is 10.2 Å². The van der Waals surface area contributed by atoms with Crippen LogP contribution in [-0.4, -0.2) is 35.9 Å². The first-order chi connectivity index (χ1) is 11.6. The molecule has 4 nitrogen and oxygen atoms in total. The standard InChI is InChI=1S/C19H24FN3O/c1-3-4-13-23(2)19(24)16-7-10-18(22-14-16)21-12-11-15-5-8-17(20)9-6-15/h5-10,14H,3-4,11-13H2,1-2H3,(H,21,22). The fourth-order valence-corrected chi connectivity index (χ4v) is 2.33. The molecule has 0 aliphatic rings. The van der Waals surface area contributed by atoms with Gasteiger partial charge in [-0.15, -0.1) is 0 Å². The van der Waals surface area contributed by atoms with Crippen molar-refractivity contribution in [3.63, 3.8) is 0 Å². The Morgan fingerprint density at radius 2 is 1.96 bits per heavy atom. The minimum absolute atomic E-state index is 0.00573.